The molecule has 0 bridgehead atoms. The molecule has 1 aliphatic carbocycles. The van der Waals surface area contributed by atoms with E-state index in [0.717, 1.165) is 29.5 Å². The van der Waals surface area contributed by atoms with Crippen LogP contribution < -0.4 is 9.62 Å². The van der Waals surface area contributed by atoms with E-state index in [1.54, 1.807) is 14.2 Å². The van der Waals surface area contributed by atoms with Crippen molar-refractivity contribution in [3.8, 4) is 0 Å². The van der Waals surface area contributed by atoms with E-state index in [-0.39, 0.29) is 25.0 Å². The number of likely N-dealkylation sites (N-methyl/N-ethyl adjacent to an activating group) is 1. The average Bonchev–Trinajstić information content (AvgIpc) is 3.63. The third-order valence-corrected chi connectivity index (χ3v) is 6.68. The Morgan fingerprint density at radius 1 is 1.06 bits per heavy atom. The summed E-state index contributed by atoms with van der Waals surface area (Å²) in [4.78, 5) is 12.1. The standard InChI is InChI=1S/C24H38N2O7S/c1-18-16-23(22(20-6-7-20)17-21(18)19(2)24(27)25-3)26(34(5,28)29)8-9-31-12-13-33-15-14-32-11-10-30-4/h16-17,20H,2,6-15H2,1,3-5H3,(H,25,27). The zero-order valence-corrected chi connectivity index (χ0v) is 21.5. The smallest absolute Gasteiger partial charge is 0.251 e. The Balaban J connectivity index is 1.99. The largest absolute Gasteiger partial charge is 0.382 e. The topological polar surface area (TPSA) is 103 Å². The van der Waals surface area contributed by atoms with Crippen molar-refractivity contribution in [2.75, 3.05) is 77.5 Å². The first-order chi connectivity index (χ1) is 16.2. The molecular formula is C24H38N2O7S. The van der Waals surface area contributed by atoms with Gasteiger partial charge in [-0.05, 0) is 54.5 Å². The van der Waals surface area contributed by atoms with Crippen LogP contribution in [-0.4, -0.2) is 87.5 Å². The van der Waals surface area contributed by atoms with Gasteiger partial charge in [-0.2, -0.15) is 0 Å². The zero-order valence-electron chi connectivity index (χ0n) is 20.7. The molecule has 2 rings (SSSR count). The van der Waals surface area contributed by atoms with Gasteiger partial charge in [0.1, 0.15) is 0 Å². The van der Waals surface area contributed by atoms with E-state index in [0.29, 0.717) is 50.9 Å². The van der Waals surface area contributed by atoms with E-state index >= 15 is 0 Å². The summed E-state index contributed by atoms with van der Waals surface area (Å²) in [5.41, 5.74) is 3.46. The minimum atomic E-state index is -3.54. The predicted molar refractivity (Wildman–Crippen MR) is 133 cm³/mol. The third-order valence-electron chi connectivity index (χ3n) is 5.50. The molecule has 9 nitrogen and oxygen atoms in total. The fourth-order valence-corrected chi connectivity index (χ4v) is 4.46. The zero-order chi connectivity index (χ0) is 25.1. The number of nitrogens with one attached hydrogen (secondary N) is 1. The molecule has 10 heteroatoms. The molecule has 34 heavy (non-hydrogen) atoms. The Morgan fingerprint density at radius 2 is 1.62 bits per heavy atom. The lowest BCUT2D eigenvalue weighted by atomic mass is 9.95. The SMILES string of the molecule is C=C(C(=O)NC)c1cc(C2CC2)c(N(CCOCCOCCOCCOC)S(C)(=O)=O)cc1C. The van der Waals surface area contributed by atoms with Crippen molar-refractivity contribution in [1.29, 1.82) is 0 Å². The summed E-state index contributed by atoms with van der Waals surface area (Å²) in [5, 5.41) is 2.60. The molecule has 0 atom stereocenters. The van der Waals surface area contributed by atoms with Gasteiger partial charge in [-0.1, -0.05) is 6.58 Å². The van der Waals surface area contributed by atoms with Crippen LogP contribution in [0.5, 0.6) is 0 Å². The minimum absolute atomic E-state index is 0.188. The molecule has 1 aromatic carbocycles. The van der Waals surface area contributed by atoms with Crippen LogP contribution in [0.25, 0.3) is 5.57 Å². The number of sulfonamides is 1. The van der Waals surface area contributed by atoms with Crippen molar-refractivity contribution in [3.05, 3.63) is 35.4 Å². The summed E-state index contributed by atoms with van der Waals surface area (Å²) in [5.74, 6) is 0.0197. The Kier molecular flexibility index (Phi) is 11.5. The molecule has 0 spiro atoms. The summed E-state index contributed by atoms with van der Waals surface area (Å²) in [6.45, 7) is 8.97. The van der Waals surface area contributed by atoms with Gasteiger partial charge in [0.25, 0.3) is 5.91 Å². The van der Waals surface area contributed by atoms with E-state index in [2.05, 4.69) is 11.9 Å². The fourth-order valence-electron chi connectivity index (χ4n) is 3.54. The van der Waals surface area contributed by atoms with Crippen molar-refractivity contribution in [1.82, 2.24) is 5.32 Å². The Bertz CT molecular complexity index is 929. The first kappa shape index (κ1) is 28.3. The fraction of sp³-hybridized carbons (Fsp3) is 0.625. The summed E-state index contributed by atoms with van der Waals surface area (Å²) in [7, 11) is -0.354. The maximum atomic E-state index is 12.7. The molecule has 0 radical (unpaired) electrons. The summed E-state index contributed by atoms with van der Waals surface area (Å²) < 4.78 is 48.0. The number of carbonyl (C=O) groups is 1. The molecule has 192 valence electrons. The van der Waals surface area contributed by atoms with Gasteiger partial charge in [0.2, 0.25) is 10.0 Å². The molecule has 1 aliphatic rings. The molecule has 0 aromatic heterocycles. The molecule has 1 fully saturated rings. The van der Waals surface area contributed by atoms with Gasteiger partial charge < -0.3 is 24.3 Å². The summed E-state index contributed by atoms with van der Waals surface area (Å²) in [6.07, 6.45) is 3.17. The number of methoxy groups -OCH3 is 1. The van der Waals surface area contributed by atoms with E-state index in [1.807, 2.05) is 19.1 Å². The minimum Gasteiger partial charge on any atom is -0.382 e. The highest BCUT2D eigenvalue weighted by Gasteiger charge is 2.31. The molecule has 1 saturated carbocycles. The first-order valence-corrected chi connectivity index (χ1v) is 13.3. The number of anilines is 1. The van der Waals surface area contributed by atoms with E-state index in [1.165, 1.54) is 10.6 Å². The van der Waals surface area contributed by atoms with Crippen molar-refractivity contribution in [3.63, 3.8) is 0 Å². The van der Waals surface area contributed by atoms with Crippen LogP contribution in [-0.2, 0) is 33.8 Å². The Labute approximate surface area is 203 Å². The van der Waals surface area contributed by atoms with Crippen LogP contribution in [0.15, 0.2) is 18.7 Å². The highest BCUT2D eigenvalue weighted by molar-refractivity contribution is 7.92. The van der Waals surface area contributed by atoms with Crippen molar-refractivity contribution >= 4 is 27.2 Å². The number of ether oxygens (including phenoxy) is 4. The number of aryl methyl sites for hydroxylation is 1. The van der Waals surface area contributed by atoms with E-state index in [9.17, 15) is 13.2 Å². The van der Waals surface area contributed by atoms with E-state index in [4.69, 9.17) is 18.9 Å². The van der Waals surface area contributed by atoms with Crippen LogP contribution in [0.3, 0.4) is 0 Å². The van der Waals surface area contributed by atoms with E-state index < -0.39 is 10.0 Å². The third kappa shape index (κ3) is 8.66. The number of hydrogen-bond acceptors (Lipinski definition) is 7. The molecule has 0 saturated heterocycles. The number of carbonyl (C=O) groups excluding carboxylic acids is 1. The van der Waals surface area contributed by atoms with Crippen molar-refractivity contribution in [2.24, 2.45) is 0 Å². The second-order valence-corrected chi connectivity index (χ2v) is 10.1. The van der Waals surface area contributed by atoms with Gasteiger partial charge in [-0.15, -0.1) is 0 Å². The lowest BCUT2D eigenvalue weighted by Gasteiger charge is -2.26. The monoisotopic (exact) mass is 498 g/mol. The first-order valence-electron chi connectivity index (χ1n) is 11.5. The van der Waals surface area contributed by atoms with Crippen LogP contribution >= 0.6 is 0 Å². The Morgan fingerprint density at radius 3 is 2.12 bits per heavy atom. The summed E-state index contributed by atoms with van der Waals surface area (Å²) in [6, 6.07) is 3.76. The molecule has 0 aliphatic heterocycles. The van der Waals surface area contributed by atoms with Gasteiger partial charge in [0.05, 0.1) is 64.7 Å². The number of benzene rings is 1. The predicted octanol–water partition coefficient (Wildman–Crippen LogP) is 2.09. The number of nitrogens with zero attached hydrogens (tertiary/aromatic N) is 1. The molecule has 1 aromatic rings. The molecule has 1 amide bonds. The highest BCUT2D eigenvalue weighted by Crippen LogP contribution is 2.46. The normalized spacial score (nSPS) is 13.6. The maximum absolute atomic E-state index is 12.7. The van der Waals surface area contributed by atoms with Gasteiger partial charge in [-0.3, -0.25) is 9.10 Å². The maximum Gasteiger partial charge on any atom is 0.251 e. The molecule has 0 unspecified atom stereocenters. The number of hydrogen-bond donors (Lipinski definition) is 1. The highest BCUT2D eigenvalue weighted by atomic mass is 32.2. The van der Waals surface area contributed by atoms with Gasteiger partial charge in [0.15, 0.2) is 0 Å². The van der Waals surface area contributed by atoms with Crippen LogP contribution in [0, 0.1) is 6.92 Å². The molecule has 0 heterocycles. The van der Waals surface area contributed by atoms with Crippen molar-refractivity contribution in [2.45, 2.75) is 25.7 Å². The van der Waals surface area contributed by atoms with Crippen LogP contribution in [0.4, 0.5) is 5.69 Å². The van der Waals surface area contributed by atoms with Crippen molar-refractivity contribution < 1.29 is 32.2 Å². The lowest BCUT2D eigenvalue weighted by Crippen LogP contribution is -2.34. The molecule has 1 N–H and O–H groups in total. The van der Waals surface area contributed by atoms with Crippen LogP contribution in [0.1, 0.15) is 35.4 Å². The number of rotatable bonds is 17. The quantitative estimate of drug-likeness (QED) is 0.259. The Hall–Kier alpha value is -1.98. The summed E-state index contributed by atoms with van der Waals surface area (Å²) >= 11 is 0. The average molecular weight is 499 g/mol. The molecular weight excluding hydrogens is 460 g/mol. The second kappa shape index (κ2) is 13.8. The van der Waals surface area contributed by atoms with Gasteiger partial charge in [0, 0.05) is 19.7 Å². The van der Waals surface area contributed by atoms with Gasteiger partial charge in [-0.25, -0.2) is 8.42 Å². The van der Waals surface area contributed by atoms with Gasteiger partial charge >= 0.3 is 0 Å². The second-order valence-electron chi connectivity index (χ2n) is 8.22. The van der Waals surface area contributed by atoms with Crippen LogP contribution in [0.2, 0.25) is 0 Å². The lowest BCUT2D eigenvalue weighted by molar-refractivity contribution is -0.115. The number of amides is 1.